The van der Waals surface area contributed by atoms with E-state index in [2.05, 4.69) is 35.8 Å². The highest BCUT2D eigenvalue weighted by Crippen LogP contribution is 2.26. The number of aryl methyl sites for hydroxylation is 2. The molecule has 3 rings (SSSR count). The van der Waals surface area contributed by atoms with Crippen molar-refractivity contribution in [2.75, 3.05) is 11.9 Å². The van der Waals surface area contributed by atoms with E-state index in [0.29, 0.717) is 17.6 Å². The molecule has 1 amide bonds. The first-order chi connectivity index (χ1) is 14.1. The van der Waals surface area contributed by atoms with Crippen molar-refractivity contribution in [3.8, 4) is 5.69 Å². The third-order valence-electron chi connectivity index (χ3n) is 4.12. The van der Waals surface area contributed by atoms with Crippen LogP contribution in [0.4, 0.5) is 19.0 Å². The smallest absolute Gasteiger partial charge is 0.367 e. The van der Waals surface area contributed by atoms with Gasteiger partial charge in [-0.05, 0) is 32.4 Å². The van der Waals surface area contributed by atoms with E-state index in [-0.39, 0.29) is 30.0 Å². The molecular weight excluding hydrogens is 401 g/mol. The second kappa shape index (κ2) is 8.43. The molecule has 0 aliphatic heterocycles. The Morgan fingerprint density at radius 2 is 1.87 bits per heavy atom. The minimum absolute atomic E-state index is 0.171. The number of anilines is 1. The van der Waals surface area contributed by atoms with E-state index >= 15 is 0 Å². The Balaban J connectivity index is 1.60. The van der Waals surface area contributed by atoms with Gasteiger partial charge < -0.3 is 10.6 Å². The van der Waals surface area contributed by atoms with Crippen LogP contribution in [0.25, 0.3) is 5.69 Å². The normalized spacial score (nSPS) is 12.5. The maximum Gasteiger partial charge on any atom is 0.434 e. The maximum atomic E-state index is 12.5. The predicted octanol–water partition coefficient (Wildman–Crippen LogP) is 2.32. The number of rotatable bonds is 6. The van der Waals surface area contributed by atoms with Gasteiger partial charge in [0.1, 0.15) is 17.2 Å². The van der Waals surface area contributed by atoms with Crippen molar-refractivity contribution in [1.82, 2.24) is 35.3 Å². The molecule has 0 aromatic carbocycles. The number of amides is 1. The number of hydrogen-bond acceptors (Lipinski definition) is 7. The van der Waals surface area contributed by atoms with Gasteiger partial charge >= 0.3 is 6.18 Å². The highest BCUT2D eigenvalue weighted by Gasteiger charge is 2.32. The largest absolute Gasteiger partial charge is 0.434 e. The van der Waals surface area contributed by atoms with Crippen LogP contribution in [-0.4, -0.2) is 48.4 Å². The lowest BCUT2D eigenvalue weighted by Gasteiger charge is -2.16. The van der Waals surface area contributed by atoms with Crippen LogP contribution in [0.15, 0.2) is 30.9 Å². The second-order valence-corrected chi connectivity index (χ2v) is 6.62. The topological polar surface area (TPSA) is 111 Å². The molecule has 3 aromatic rings. The van der Waals surface area contributed by atoms with Crippen LogP contribution in [0.1, 0.15) is 34.4 Å². The standard InChI is InChI=1S/C18H19F3N8O/c1-10-6-13(28-12(3)16(10)29-25-4-5-26-29)17(30)27-11(2)7-23-15-9-22-14(8-24-15)18(19,20)21/h4-6,8-9,11H,7H2,1-3H3,(H,23,24)(H,27,30)/t11-/m0/s1. The molecule has 0 aliphatic rings. The van der Waals surface area contributed by atoms with Gasteiger partial charge in [0.2, 0.25) is 0 Å². The zero-order chi connectivity index (χ0) is 21.9. The van der Waals surface area contributed by atoms with Crippen molar-refractivity contribution in [1.29, 1.82) is 0 Å². The van der Waals surface area contributed by atoms with Crippen molar-refractivity contribution < 1.29 is 18.0 Å². The summed E-state index contributed by atoms with van der Waals surface area (Å²) < 4.78 is 37.5. The summed E-state index contributed by atoms with van der Waals surface area (Å²) in [5.41, 5.74) is 1.26. The molecule has 0 spiro atoms. The quantitative estimate of drug-likeness (QED) is 0.630. The average molecular weight is 420 g/mol. The van der Waals surface area contributed by atoms with Gasteiger partial charge in [-0.25, -0.2) is 15.0 Å². The van der Waals surface area contributed by atoms with E-state index in [1.54, 1.807) is 32.3 Å². The van der Waals surface area contributed by atoms with Crippen molar-refractivity contribution >= 4 is 11.7 Å². The van der Waals surface area contributed by atoms with E-state index in [9.17, 15) is 18.0 Å². The first-order valence-electron chi connectivity index (χ1n) is 8.94. The maximum absolute atomic E-state index is 12.5. The summed E-state index contributed by atoms with van der Waals surface area (Å²) in [6.07, 6.45) is 0.203. The molecule has 1 atom stereocenters. The SMILES string of the molecule is Cc1cc(C(=O)N[C@@H](C)CNc2cnc(C(F)(F)F)cn2)nc(C)c1-n1nccn1. The van der Waals surface area contributed by atoms with Gasteiger partial charge in [-0.3, -0.25) is 4.79 Å². The summed E-state index contributed by atoms with van der Waals surface area (Å²) in [4.78, 5) is 25.3. The number of carbonyl (C=O) groups excluding carboxylic acids is 1. The fourth-order valence-corrected chi connectivity index (χ4v) is 2.75. The minimum atomic E-state index is -4.54. The molecule has 3 heterocycles. The molecule has 0 bridgehead atoms. The summed E-state index contributed by atoms with van der Waals surface area (Å²) in [5, 5.41) is 13.8. The highest BCUT2D eigenvalue weighted by molar-refractivity contribution is 5.93. The molecule has 0 fully saturated rings. The summed E-state index contributed by atoms with van der Waals surface area (Å²) in [6, 6.07) is 1.29. The monoisotopic (exact) mass is 420 g/mol. The zero-order valence-electron chi connectivity index (χ0n) is 16.4. The van der Waals surface area contributed by atoms with Crippen LogP contribution >= 0.6 is 0 Å². The molecule has 0 saturated heterocycles. The summed E-state index contributed by atoms with van der Waals surface area (Å²) in [7, 11) is 0. The second-order valence-electron chi connectivity index (χ2n) is 6.62. The van der Waals surface area contributed by atoms with Gasteiger partial charge in [0.05, 0.1) is 30.5 Å². The first-order valence-corrected chi connectivity index (χ1v) is 8.94. The van der Waals surface area contributed by atoms with Gasteiger partial charge in [-0.2, -0.15) is 23.4 Å². The summed E-state index contributed by atoms with van der Waals surface area (Å²) in [5.74, 6) is -0.209. The Morgan fingerprint density at radius 1 is 1.17 bits per heavy atom. The number of alkyl halides is 3. The van der Waals surface area contributed by atoms with Crippen LogP contribution in [0.3, 0.4) is 0 Å². The Labute approximate surface area is 169 Å². The van der Waals surface area contributed by atoms with E-state index in [0.717, 1.165) is 11.8 Å². The molecule has 0 saturated carbocycles. The number of nitrogens with zero attached hydrogens (tertiary/aromatic N) is 6. The molecule has 2 N–H and O–H groups in total. The number of pyridine rings is 1. The Bertz CT molecular complexity index is 996. The van der Waals surface area contributed by atoms with Crippen LogP contribution < -0.4 is 10.6 Å². The van der Waals surface area contributed by atoms with Crippen molar-refractivity contribution in [2.24, 2.45) is 0 Å². The molecular formula is C18H19F3N8O. The molecule has 0 unspecified atom stereocenters. The van der Waals surface area contributed by atoms with Crippen LogP contribution in [0.2, 0.25) is 0 Å². The van der Waals surface area contributed by atoms with E-state index in [1.807, 2.05) is 6.92 Å². The number of halogens is 3. The van der Waals surface area contributed by atoms with E-state index < -0.39 is 11.9 Å². The average Bonchev–Trinajstić information content (AvgIpc) is 3.19. The van der Waals surface area contributed by atoms with Gasteiger partial charge in [0.25, 0.3) is 5.91 Å². The lowest BCUT2D eigenvalue weighted by molar-refractivity contribution is -0.141. The molecule has 0 aliphatic carbocycles. The van der Waals surface area contributed by atoms with Crippen molar-refractivity contribution in [3.05, 3.63) is 53.5 Å². The fraction of sp³-hybridized carbons (Fsp3) is 0.333. The van der Waals surface area contributed by atoms with Crippen LogP contribution in [-0.2, 0) is 6.18 Å². The van der Waals surface area contributed by atoms with Crippen LogP contribution in [0.5, 0.6) is 0 Å². The summed E-state index contributed by atoms with van der Waals surface area (Å²) >= 11 is 0. The Hall–Kier alpha value is -3.57. The molecule has 30 heavy (non-hydrogen) atoms. The highest BCUT2D eigenvalue weighted by atomic mass is 19.4. The number of aromatic nitrogens is 6. The third-order valence-corrected chi connectivity index (χ3v) is 4.12. The molecule has 9 nitrogen and oxygen atoms in total. The molecule has 12 heteroatoms. The van der Waals surface area contributed by atoms with E-state index in [4.69, 9.17) is 0 Å². The van der Waals surface area contributed by atoms with E-state index in [1.165, 1.54) is 4.80 Å². The molecule has 0 radical (unpaired) electrons. The summed E-state index contributed by atoms with van der Waals surface area (Å²) in [6.45, 7) is 5.57. The Morgan fingerprint density at radius 3 is 2.43 bits per heavy atom. The zero-order valence-corrected chi connectivity index (χ0v) is 16.4. The van der Waals surface area contributed by atoms with Crippen molar-refractivity contribution in [2.45, 2.75) is 33.0 Å². The number of hydrogen-bond donors (Lipinski definition) is 2. The predicted molar refractivity (Wildman–Crippen MR) is 101 cm³/mol. The third kappa shape index (κ3) is 4.88. The van der Waals surface area contributed by atoms with Gasteiger partial charge in [-0.15, -0.1) is 4.80 Å². The lowest BCUT2D eigenvalue weighted by atomic mass is 10.1. The lowest BCUT2D eigenvalue weighted by Crippen LogP contribution is -2.38. The molecule has 3 aromatic heterocycles. The first kappa shape index (κ1) is 21.1. The van der Waals surface area contributed by atoms with Crippen molar-refractivity contribution in [3.63, 3.8) is 0 Å². The van der Waals surface area contributed by atoms with Gasteiger partial charge in [-0.1, -0.05) is 0 Å². The minimum Gasteiger partial charge on any atom is -0.367 e. The Kier molecular flexibility index (Phi) is 5.94. The fourth-order valence-electron chi connectivity index (χ4n) is 2.75. The number of carbonyl (C=O) groups is 1. The number of nitrogens with one attached hydrogen (secondary N) is 2. The van der Waals surface area contributed by atoms with Crippen LogP contribution in [0, 0.1) is 13.8 Å². The van der Waals surface area contributed by atoms with Gasteiger partial charge in [0.15, 0.2) is 5.69 Å². The van der Waals surface area contributed by atoms with Gasteiger partial charge in [0, 0.05) is 12.6 Å². The molecule has 158 valence electrons.